The number of carbonyl (C=O) groups is 1. The highest BCUT2D eigenvalue weighted by Gasteiger charge is 2.16. The van der Waals surface area contributed by atoms with Gasteiger partial charge in [-0.15, -0.1) is 11.6 Å². The number of ether oxygens (including phenoxy) is 1. The molecule has 0 saturated heterocycles. The second-order valence-corrected chi connectivity index (χ2v) is 4.25. The molecule has 18 heavy (non-hydrogen) atoms. The number of phenols is 1. The fourth-order valence-corrected chi connectivity index (χ4v) is 1.90. The summed E-state index contributed by atoms with van der Waals surface area (Å²) in [4.78, 5) is 13.9. The van der Waals surface area contributed by atoms with Crippen LogP contribution in [0, 0.1) is 0 Å². The van der Waals surface area contributed by atoms with Crippen molar-refractivity contribution in [2.24, 2.45) is 0 Å². The third-order valence-electron chi connectivity index (χ3n) is 2.56. The van der Waals surface area contributed by atoms with Crippen LogP contribution in [0.25, 0.3) is 0 Å². The molecule has 1 rings (SSSR count). The highest BCUT2D eigenvalue weighted by Crippen LogP contribution is 2.26. The van der Waals surface area contributed by atoms with Crippen LogP contribution in [0.5, 0.6) is 11.5 Å². The average Bonchev–Trinajstić information content (AvgIpc) is 2.37. The van der Waals surface area contributed by atoms with Crippen LogP contribution >= 0.6 is 11.6 Å². The summed E-state index contributed by atoms with van der Waals surface area (Å²) in [6, 6.07) is 4.63. The van der Waals surface area contributed by atoms with Gasteiger partial charge in [0.15, 0.2) is 11.5 Å². The molecule has 1 N–H and O–H groups in total. The van der Waals surface area contributed by atoms with Gasteiger partial charge in [0.05, 0.1) is 7.11 Å². The van der Waals surface area contributed by atoms with Crippen molar-refractivity contribution < 1.29 is 14.6 Å². The number of hydrogen-bond donors (Lipinski definition) is 1. The minimum atomic E-state index is -0.129. The van der Waals surface area contributed by atoms with Crippen molar-refractivity contribution in [2.45, 2.75) is 13.3 Å². The van der Waals surface area contributed by atoms with E-state index in [1.807, 2.05) is 6.92 Å². The molecule has 1 aromatic rings. The van der Waals surface area contributed by atoms with Crippen molar-refractivity contribution in [1.29, 1.82) is 0 Å². The van der Waals surface area contributed by atoms with Gasteiger partial charge in [-0.05, 0) is 24.6 Å². The van der Waals surface area contributed by atoms with E-state index in [-0.39, 0.29) is 11.7 Å². The fraction of sp³-hybridized carbons (Fsp3) is 0.462. The Morgan fingerprint density at radius 2 is 2.17 bits per heavy atom. The molecule has 0 atom stereocenters. The molecule has 0 unspecified atom stereocenters. The zero-order valence-corrected chi connectivity index (χ0v) is 11.4. The maximum atomic E-state index is 12.2. The molecule has 0 aliphatic heterocycles. The number of alkyl halides is 1. The van der Waals surface area contributed by atoms with Crippen LogP contribution in [0.2, 0.25) is 0 Å². The Morgan fingerprint density at radius 3 is 2.67 bits per heavy atom. The molecule has 0 saturated carbocycles. The Hall–Kier alpha value is -1.42. The summed E-state index contributed by atoms with van der Waals surface area (Å²) in [7, 11) is 1.47. The maximum Gasteiger partial charge on any atom is 0.254 e. The van der Waals surface area contributed by atoms with Crippen LogP contribution in [0.3, 0.4) is 0 Å². The van der Waals surface area contributed by atoms with Crippen molar-refractivity contribution in [3.05, 3.63) is 23.8 Å². The first kappa shape index (κ1) is 14.6. The van der Waals surface area contributed by atoms with Gasteiger partial charge >= 0.3 is 0 Å². The Kier molecular flexibility index (Phi) is 5.78. The molecule has 0 heterocycles. The largest absolute Gasteiger partial charge is 0.504 e. The summed E-state index contributed by atoms with van der Waals surface area (Å²) in [5.74, 6) is 0.584. The molecule has 0 spiro atoms. The highest BCUT2D eigenvalue weighted by molar-refractivity contribution is 6.18. The lowest BCUT2D eigenvalue weighted by Crippen LogP contribution is -2.33. The smallest absolute Gasteiger partial charge is 0.254 e. The van der Waals surface area contributed by atoms with Gasteiger partial charge in [-0.25, -0.2) is 0 Å². The van der Waals surface area contributed by atoms with E-state index in [2.05, 4.69) is 0 Å². The molecule has 0 bridgehead atoms. The minimum absolute atomic E-state index is 0.0364. The normalized spacial score (nSPS) is 10.2. The molecule has 0 aliphatic rings. The summed E-state index contributed by atoms with van der Waals surface area (Å²) in [6.45, 7) is 3.15. The fourth-order valence-electron chi connectivity index (χ4n) is 1.69. The van der Waals surface area contributed by atoms with E-state index in [0.29, 0.717) is 30.3 Å². The second-order valence-electron chi connectivity index (χ2n) is 3.87. The topological polar surface area (TPSA) is 49.8 Å². The number of nitrogens with zero attached hydrogens (tertiary/aromatic N) is 1. The molecule has 4 nitrogen and oxygen atoms in total. The molecule has 0 aromatic heterocycles. The monoisotopic (exact) mass is 271 g/mol. The summed E-state index contributed by atoms with van der Waals surface area (Å²) in [5, 5.41) is 9.66. The van der Waals surface area contributed by atoms with Gasteiger partial charge in [0.25, 0.3) is 5.91 Å². The van der Waals surface area contributed by atoms with Crippen molar-refractivity contribution in [1.82, 2.24) is 4.90 Å². The summed E-state index contributed by atoms with van der Waals surface area (Å²) < 4.78 is 4.94. The SMILES string of the molecule is CCCN(CCCl)C(=O)c1ccc(OC)c(O)c1. The molecule has 0 aliphatic carbocycles. The van der Waals surface area contributed by atoms with E-state index >= 15 is 0 Å². The number of benzene rings is 1. The van der Waals surface area contributed by atoms with Gasteiger partial charge in [0.2, 0.25) is 0 Å². The number of rotatable bonds is 6. The standard InChI is InChI=1S/C13H18ClNO3/c1-3-7-15(8-6-14)13(17)10-4-5-12(18-2)11(16)9-10/h4-5,9,16H,3,6-8H2,1-2H3. The lowest BCUT2D eigenvalue weighted by atomic mass is 10.1. The quantitative estimate of drug-likeness (QED) is 0.809. The van der Waals surface area contributed by atoms with Crippen LogP contribution in [0.1, 0.15) is 23.7 Å². The third-order valence-corrected chi connectivity index (χ3v) is 2.73. The van der Waals surface area contributed by atoms with Crippen LogP contribution < -0.4 is 4.74 Å². The summed E-state index contributed by atoms with van der Waals surface area (Å²) in [6.07, 6.45) is 0.866. The Labute approximate surface area is 112 Å². The molecule has 0 radical (unpaired) electrons. The number of amides is 1. The van der Waals surface area contributed by atoms with E-state index in [4.69, 9.17) is 16.3 Å². The van der Waals surface area contributed by atoms with Crippen LogP contribution in [-0.2, 0) is 0 Å². The first-order chi connectivity index (χ1) is 8.63. The summed E-state index contributed by atoms with van der Waals surface area (Å²) in [5.41, 5.74) is 0.437. The first-order valence-electron chi connectivity index (χ1n) is 5.86. The molecule has 1 amide bonds. The molecule has 0 fully saturated rings. The summed E-state index contributed by atoms with van der Waals surface area (Å²) >= 11 is 5.68. The zero-order chi connectivity index (χ0) is 13.5. The first-order valence-corrected chi connectivity index (χ1v) is 6.39. The number of hydrogen-bond acceptors (Lipinski definition) is 3. The van der Waals surface area contributed by atoms with E-state index < -0.39 is 0 Å². The number of phenolic OH excluding ortho intramolecular Hbond substituents is 1. The average molecular weight is 272 g/mol. The lowest BCUT2D eigenvalue weighted by Gasteiger charge is -2.21. The lowest BCUT2D eigenvalue weighted by molar-refractivity contribution is 0.0765. The highest BCUT2D eigenvalue weighted by atomic mass is 35.5. The molecule has 100 valence electrons. The molecule has 5 heteroatoms. The predicted octanol–water partition coefficient (Wildman–Crippen LogP) is 2.49. The van der Waals surface area contributed by atoms with E-state index in [0.717, 1.165) is 6.42 Å². The minimum Gasteiger partial charge on any atom is -0.504 e. The molecular weight excluding hydrogens is 254 g/mol. The number of halogens is 1. The number of carbonyl (C=O) groups excluding carboxylic acids is 1. The van der Waals surface area contributed by atoms with E-state index in [1.54, 1.807) is 17.0 Å². The van der Waals surface area contributed by atoms with Crippen LogP contribution in [0.4, 0.5) is 0 Å². The van der Waals surface area contributed by atoms with Gasteiger partial charge in [0.1, 0.15) is 0 Å². The van der Waals surface area contributed by atoms with Crippen molar-refractivity contribution >= 4 is 17.5 Å². The van der Waals surface area contributed by atoms with Crippen molar-refractivity contribution in [2.75, 3.05) is 26.1 Å². The zero-order valence-electron chi connectivity index (χ0n) is 10.6. The van der Waals surface area contributed by atoms with Gasteiger partial charge in [0, 0.05) is 24.5 Å². The second kappa shape index (κ2) is 7.11. The van der Waals surface area contributed by atoms with E-state index in [9.17, 15) is 9.90 Å². The van der Waals surface area contributed by atoms with Gasteiger partial charge in [-0.3, -0.25) is 4.79 Å². The van der Waals surface area contributed by atoms with Gasteiger partial charge < -0.3 is 14.7 Å². The Bertz CT molecular complexity index is 403. The number of aromatic hydroxyl groups is 1. The van der Waals surface area contributed by atoms with Crippen molar-refractivity contribution in [3.63, 3.8) is 0 Å². The number of methoxy groups -OCH3 is 1. The van der Waals surface area contributed by atoms with Gasteiger partial charge in [-0.1, -0.05) is 6.92 Å². The van der Waals surface area contributed by atoms with Gasteiger partial charge in [-0.2, -0.15) is 0 Å². The third kappa shape index (κ3) is 3.53. The Morgan fingerprint density at radius 1 is 1.44 bits per heavy atom. The predicted molar refractivity (Wildman–Crippen MR) is 71.6 cm³/mol. The Balaban J connectivity index is 2.90. The maximum absolute atomic E-state index is 12.2. The van der Waals surface area contributed by atoms with Crippen LogP contribution in [0.15, 0.2) is 18.2 Å². The van der Waals surface area contributed by atoms with Crippen LogP contribution in [-0.4, -0.2) is 42.0 Å². The van der Waals surface area contributed by atoms with E-state index in [1.165, 1.54) is 13.2 Å². The molecular formula is C13H18ClNO3. The molecule has 1 aromatic carbocycles. The van der Waals surface area contributed by atoms with Crippen molar-refractivity contribution in [3.8, 4) is 11.5 Å².